The summed E-state index contributed by atoms with van der Waals surface area (Å²) in [6, 6.07) is 12.8. The highest BCUT2D eigenvalue weighted by Crippen LogP contribution is 2.37. The Bertz CT molecular complexity index is 1760. The van der Waals surface area contributed by atoms with Crippen molar-refractivity contribution in [3.8, 4) is 11.5 Å². The van der Waals surface area contributed by atoms with Gasteiger partial charge in [-0.2, -0.15) is 0 Å². The maximum Gasteiger partial charge on any atom is 0.343 e. The third kappa shape index (κ3) is 19.1. The minimum absolute atomic E-state index is 0.0187. The average Bonchev–Trinajstić information content (AvgIpc) is 3.27. The predicted octanol–water partition coefficient (Wildman–Crippen LogP) is 9.24. The van der Waals surface area contributed by atoms with Crippen LogP contribution in [0.15, 0.2) is 98.2 Å². The van der Waals surface area contributed by atoms with Crippen molar-refractivity contribution >= 4 is 29.8 Å². The number of esters is 4. The van der Waals surface area contributed by atoms with Crippen LogP contribution in [-0.4, -0.2) is 80.2 Å². The molecule has 1 N–H and O–H groups in total. The molecule has 0 aromatic heterocycles. The molecular formula is C48H62O14. The van der Waals surface area contributed by atoms with Gasteiger partial charge in [-0.1, -0.05) is 45.8 Å². The Morgan fingerprint density at radius 3 is 1.63 bits per heavy atom. The molecule has 0 saturated heterocycles. The van der Waals surface area contributed by atoms with Crippen LogP contribution in [0.4, 0.5) is 0 Å². The fourth-order valence-electron chi connectivity index (χ4n) is 6.39. The molecule has 0 bridgehead atoms. The fourth-order valence-corrected chi connectivity index (χ4v) is 6.39. The quantitative estimate of drug-likeness (QED) is 0.0310. The van der Waals surface area contributed by atoms with E-state index < -0.39 is 29.4 Å². The molecule has 338 valence electrons. The van der Waals surface area contributed by atoms with Gasteiger partial charge in [-0.25, -0.2) is 9.59 Å². The van der Waals surface area contributed by atoms with Gasteiger partial charge in [-0.05, 0) is 118 Å². The number of rotatable bonds is 33. The van der Waals surface area contributed by atoms with Gasteiger partial charge in [-0.15, -0.1) is 0 Å². The van der Waals surface area contributed by atoms with E-state index in [1.807, 2.05) is 0 Å². The molecule has 0 fully saturated rings. The van der Waals surface area contributed by atoms with E-state index in [1.165, 1.54) is 30.8 Å². The third-order valence-corrected chi connectivity index (χ3v) is 9.75. The molecule has 2 aromatic carbocycles. The number of benzene rings is 2. The molecule has 1 aliphatic carbocycles. The van der Waals surface area contributed by atoms with E-state index in [9.17, 15) is 29.1 Å². The first-order valence-electron chi connectivity index (χ1n) is 21.4. The summed E-state index contributed by atoms with van der Waals surface area (Å²) in [5.74, 6) is -3.43. The van der Waals surface area contributed by atoms with Crippen LogP contribution in [0.2, 0.25) is 0 Å². The second kappa shape index (κ2) is 29.2. The zero-order chi connectivity index (χ0) is 44.8. The number of carboxylic acids is 1. The average molecular weight is 863 g/mol. The maximum atomic E-state index is 13.6. The summed E-state index contributed by atoms with van der Waals surface area (Å²) in [4.78, 5) is 63.1. The molecular weight excluding hydrogens is 801 g/mol. The first-order chi connectivity index (χ1) is 30.1. The monoisotopic (exact) mass is 862 g/mol. The minimum Gasteiger partial charge on any atom is -0.498 e. The molecule has 14 heteroatoms. The van der Waals surface area contributed by atoms with Crippen molar-refractivity contribution in [2.75, 3.05) is 39.6 Å². The van der Waals surface area contributed by atoms with E-state index >= 15 is 0 Å². The van der Waals surface area contributed by atoms with Gasteiger partial charge in [-0.3, -0.25) is 14.4 Å². The largest absolute Gasteiger partial charge is 0.498 e. The SMILES string of the molecule is C=COCCOC(=O)CCCCCOc1ccc(C(=O)OC2=CC(C(=O)O)C(CCCCCCC)(OC(=O)c3ccc(OCCCCCC(=O)OCCOC=C)cc3)C=C2)cc1. The Morgan fingerprint density at radius 2 is 1.13 bits per heavy atom. The van der Waals surface area contributed by atoms with Gasteiger partial charge in [0, 0.05) is 12.8 Å². The van der Waals surface area contributed by atoms with E-state index in [1.54, 1.807) is 48.5 Å². The van der Waals surface area contributed by atoms with Crippen LogP contribution < -0.4 is 9.47 Å². The number of unbranched alkanes of at least 4 members (excludes halogenated alkanes) is 8. The lowest BCUT2D eigenvalue weighted by molar-refractivity contribution is -0.147. The molecule has 3 rings (SSSR count). The van der Waals surface area contributed by atoms with E-state index in [0.717, 1.165) is 44.9 Å². The van der Waals surface area contributed by atoms with Gasteiger partial charge in [0.15, 0.2) is 0 Å². The standard InChI is InChI=1S/C48H62O14/c1-4-7-8-9-14-28-48(62-47(54)38-21-25-40(26-22-38)58-31-16-11-13-18-44(50)60-35-33-56-6-3)29-27-41(36-42(48)45(51)52)61-46(53)37-19-23-39(24-20-37)57-30-15-10-12-17-43(49)59-34-32-55-5-2/h5-6,19-27,29,36,42H,2-4,7-18,28,30-35H2,1H3,(H,51,52). The van der Waals surface area contributed by atoms with Crippen molar-refractivity contribution < 1.29 is 67.0 Å². The lowest BCUT2D eigenvalue weighted by Crippen LogP contribution is -2.45. The summed E-state index contributed by atoms with van der Waals surface area (Å²) in [6.07, 6.45) is 16.5. The van der Waals surface area contributed by atoms with Crippen LogP contribution >= 0.6 is 0 Å². The first-order valence-corrected chi connectivity index (χ1v) is 21.4. The number of allylic oxidation sites excluding steroid dienone is 1. The lowest BCUT2D eigenvalue weighted by Gasteiger charge is -2.36. The van der Waals surface area contributed by atoms with Crippen molar-refractivity contribution in [3.63, 3.8) is 0 Å². The molecule has 0 amide bonds. The summed E-state index contributed by atoms with van der Waals surface area (Å²) < 4.78 is 43.3. The highest BCUT2D eigenvalue weighted by molar-refractivity contribution is 5.91. The number of hydrogen-bond acceptors (Lipinski definition) is 13. The molecule has 0 aliphatic heterocycles. The predicted molar refractivity (Wildman–Crippen MR) is 230 cm³/mol. The number of carbonyl (C=O) groups is 5. The van der Waals surface area contributed by atoms with Crippen LogP contribution in [0.25, 0.3) is 0 Å². The van der Waals surface area contributed by atoms with Crippen molar-refractivity contribution in [2.24, 2.45) is 5.92 Å². The molecule has 2 atom stereocenters. The third-order valence-electron chi connectivity index (χ3n) is 9.75. The molecule has 1 aliphatic rings. The number of carbonyl (C=O) groups excluding carboxylic acids is 4. The van der Waals surface area contributed by atoms with Crippen molar-refractivity contribution in [3.05, 3.63) is 109 Å². The lowest BCUT2D eigenvalue weighted by atomic mass is 9.79. The fraction of sp³-hybridized carbons (Fsp3) is 0.479. The minimum atomic E-state index is -1.53. The van der Waals surface area contributed by atoms with Gasteiger partial charge in [0.1, 0.15) is 55.2 Å². The molecule has 14 nitrogen and oxygen atoms in total. The second-order valence-electron chi connectivity index (χ2n) is 14.5. The molecule has 0 spiro atoms. The normalized spacial score (nSPS) is 15.3. The van der Waals surface area contributed by atoms with Crippen molar-refractivity contribution in [2.45, 2.75) is 102 Å². The summed E-state index contributed by atoms with van der Waals surface area (Å²) >= 11 is 0. The summed E-state index contributed by atoms with van der Waals surface area (Å²) in [7, 11) is 0. The number of hydrogen-bond donors (Lipinski definition) is 1. The number of carboxylic acid groups (broad SMARTS) is 1. The van der Waals surface area contributed by atoms with Crippen LogP contribution in [-0.2, 0) is 42.8 Å². The Balaban J connectivity index is 1.53. The Labute approximate surface area is 364 Å². The van der Waals surface area contributed by atoms with Gasteiger partial charge in [0.2, 0.25) is 0 Å². The van der Waals surface area contributed by atoms with Gasteiger partial charge >= 0.3 is 29.8 Å². The highest BCUT2D eigenvalue weighted by atomic mass is 16.6. The maximum absolute atomic E-state index is 13.6. The van der Waals surface area contributed by atoms with Gasteiger partial charge in [0.05, 0.1) is 36.9 Å². The Kier molecular flexibility index (Phi) is 23.7. The topological polar surface area (TPSA) is 179 Å². The molecule has 0 radical (unpaired) electrons. The number of ether oxygens (including phenoxy) is 8. The molecule has 0 heterocycles. The first kappa shape index (κ1) is 50.3. The van der Waals surface area contributed by atoms with Crippen LogP contribution in [0.1, 0.15) is 118 Å². The van der Waals surface area contributed by atoms with Crippen LogP contribution in [0.3, 0.4) is 0 Å². The molecule has 2 unspecified atom stereocenters. The van der Waals surface area contributed by atoms with Crippen LogP contribution in [0, 0.1) is 5.92 Å². The molecule has 0 saturated carbocycles. The number of aliphatic carboxylic acids is 1. The van der Waals surface area contributed by atoms with E-state index in [2.05, 4.69) is 20.1 Å². The van der Waals surface area contributed by atoms with Crippen molar-refractivity contribution in [1.29, 1.82) is 0 Å². The second-order valence-corrected chi connectivity index (χ2v) is 14.5. The van der Waals surface area contributed by atoms with E-state index in [4.69, 9.17) is 37.9 Å². The van der Waals surface area contributed by atoms with Crippen molar-refractivity contribution in [1.82, 2.24) is 0 Å². The van der Waals surface area contributed by atoms with E-state index in [-0.39, 0.29) is 61.7 Å². The zero-order valence-electron chi connectivity index (χ0n) is 35.9. The Morgan fingerprint density at radius 1 is 0.629 bits per heavy atom. The molecule has 62 heavy (non-hydrogen) atoms. The summed E-state index contributed by atoms with van der Waals surface area (Å²) in [6.45, 7) is 10.7. The van der Waals surface area contributed by atoms with Crippen LogP contribution in [0.5, 0.6) is 11.5 Å². The molecule has 2 aromatic rings. The van der Waals surface area contributed by atoms with Gasteiger partial charge in [0.25, 0.3) is 0 Å². The zero-order valence-corrected chi connectivity index (χ0v) is 35.9. The summed E-state index contributed by atoms with van der Waals surface area (Å²) in [5.41, 5.74) is -1.09. The highest BCUT2D eigenvalue weighted by Gasteiger charge is 2.46. The summed E-state index contributed by atoms with van der Waals surface area (Å²) in [5, 5.41) is 10.4. The smallest absolute Gasteiger partial charge is 0.343 e. The van der Waals surface area contributed by atoms with Gasteiger partial charge < -0.3 is 43.0 Å². The Hall–Kier alpha value is -6.05. The van der Waals surface area contributed by atoms with E-state index in [0.29, 0.717) is 63.2 Å².